The van der Waals surface area contributed by atoms with Gasteiger partial charge in [0.1, 0.15) is 22.0 Å². The number of aromatic nitrogens is 2. The highest BCUT2D eigenvalue weighted by molar-refractivity contribution is 7.71. The first-order chi connectivity index (χ1) is 9.56. The van der Waals surface area contributed by atoms with Crippen LogP contribution in [0.4, 0.5) is 4.39 Å². The second-order valence-corrected chi connectivity index (χ2v) is 4.97. The van der Waals surface area contributed by atoms with Gasteiger partial charge in [0.25, 0.3) is 0 Å². The van der Waals surface area contributed by atoms with Crippen molar-refractivity contribution in [3.63, 3.8) is 0 Å². The number of hydrogen-bond donors (Lipinski definition) is 1. The Morgan fingerprint density at radius 3 is 2.80 bits per heavy atom. The summed E-state index contributed by atoms with van der Waals surface area (Å²) in [6.45, 7) is 3.95. The normalized spacial score (nSPS) is 10.6. The number of methoxy groups -OCH3 is 1. The van der Waals surface area contributed by atoms with Gasteiger partial charge in [-0.2, -0.15) is 0 Å². The van der Waals surface area contributed by atoms with E-state index in [2.05, 4.69) is 16.9 Å². The van der Waals surface area contributed by atoms with Crippen molar-refractivity contribution in [2.75, 3.05) is 7.11 Å². The van der Waals surface area contributed by atoms with Gasteiger partial charge in [-0.3, -0.25) is 0 Å². The minimum Gasteiger partial charge on any atom is -0.496 e. The monoisotopic (exact) mass is 292 g/mol. The van der Waals surface area contributed by atoms with Crippen LogP contribution < -0.4 is 4.74 Å². The fraction of sp³-hybridized carbons (Fsp3) is 0.333. The number of aromatic amines is 1. The van der Waals surface area contributed by atoms with Crippen molar-refractivity contribution in [1.29, 1.82) is 0 Å². The van der Waals surface area contributed by atoms with Gasteiger partial charge in [-0.05, 0) is 31.5 Å². The number of ether oxygens (including phenoxy) is 1. The van der Waals surface area contributed by atoms with Crippen molar-refractivity contribution >= 4 is 12.2 Å². The predicted octanol–water partition coefficient (Wildman–Crippen LogP) is 4.21. The molecule has 5 heteroatoms. The summed E-state index contributed by atoms with van der Waals surface area (Å²) in [5.74, 6) is 1.10. The molecule has 1 aromatic carbocycles. The third-order valence-electron chi connectivity index (χ3n) is 3.12. The molecule has 0 spiro atoms. The number of aryl methyl sites for hydroxylation is 1. The van der Waals surface area contributed by atoms with E-state index in [9.17, 15) is 4.39 Å². The first-order valence-electron chi connectivity index (χ1n) is 6.50. The van der Waals surface area contributed by atoms with Crippen LogP contribution >= 0.6 is 12.2 Å². The third kappa shape index (κ3) is 2.88. The number of nitrogens with zero attached hydrogens (tertiary/aromatic N) is 1. The van der Waals surface area contributed by atoms with Gasteiger partial charge in [-0.1, -0.05) is 19.1 Å². The molecule has 2 rings (SSSR count). The number of rotatable bonds is 4. The molecule has 0 radical (unpaired) electrons. The molecule has 0 saturated heterocycles. The van der Waals surface area contributed by atoms with Crippen molar-refractivity contribution in [3.8, 4) is 17.0 Å². The molecule has 3 nitrogen and oxygen atoms in total. The first kappa shape index (κ1) is 14.7. The summed E-state index contributed by atoms with van der Waals surface area (Å²) in [4.78, 5) is 7.60. The summed E-state index contributed by atoms with van der Waals surface area (Å²) in [7, 11) is 1.56. The summed E-state index contributed by atoms with van der Waals surface area (Å²) >= 11 is 5.29. The summed E-state index contributed by atoms with van der Waals surface area (Å²) in [5.41, 5.74) is 2.25. The second kappa shape index (κ2) is 6.13. The third-order valence-corrected chi connectivity index (χ3v) is 3.52. The Morgan fingerprint density at radius 1 is 1.40 bits per heavy atom. The zero-order valence-electron chi connectivity index (χ0n) is 11.8. The van der Waals surface area contributed by atoms with Crippen molar-refractivity contribution < 1.29 is 9.13 Å². The summed E-state index contributed by atoms with van der Waals surface area (Å²) in [5, 5.41) is 0. The molecule has 0 aliphatic carbocycles. The van der Waals surface area contributed by atoms with Crippen molar-refractivity contribution in [3.05, 3.63) is 40.0 Å². The Balaban J connectivity index is 2.68. The summed E-state index contributed by atoms with van der Waals surface area (Å²) in [6, 6.07) is 4.43. The topological polar surface area (TPSA) is 37.9 Å². The van der Waals surface area contributed by atoms with Gasteiger partial charge in [-0.15, -0.1) is 0 Å². The molecule has 0 aliphatic heterocycles. The number of nitrogens with one attached hydrogen (secondary N) is 1. The fourth-order valence-electron chi connectivity index (χ4n) is 2.08. The molecule has 106 valence electrons. The smallest absolute Gasteiger partial charge is 0.133 e. The van der Waals surface area contributed by atoms with E-state index in [0.717, 1.165) is 29.9 Å². The van der Waals surface area contributed by atoms with Crippen molar-refractivity contribution in [1.82, 2.24) is 9.97 Å². The Kier molecular flexibility index (Phi) is 4.49. The van der Waals surface area contributed by atoms with E-state index in [1.165, 1.54) is 12.1 Å². The van der Waals surface area contributed by atoms with Crippen LogP contribution in [0, 0.1) is 17.4 Å². The summed E-state index contributed by atoms with van der Waals surface area (Å²) < 4.78 is 19.4. The van der Waals surface area contributed by atoms with Crippen LogP contribution in [0.5, 0.6) is 5.75 Å². The molecule has 0 unspecified atom stereocenters. The van der Waals surface area contributed by atoms with E-state index in [1.807, 2.05) is 6.92 Å². The number of hydrogen-bond acceptors (Lipinski definition) is 3. The van der Waals surface area contributed by atoms with Crippen LogP contribution in [0.15, 0.2) is 18.2 Å². The molecule has 0 saturated carbocycles. The molecule has 0 aliphatic rings. The quantitative estimate of drug-likeness (QED) is 0.858. The van der Waals surface area contributed by atoms with Gasteiger partial charge in [0, 0.05) is 17.5 Å². The maximum Gasteiger partial charge on any atom is 0.133 e. The van der Waals surface area contributed by atoms with Crippen molar-refractivity contribution in [2.45, 2.75) is 26.7 Å². The van der Waals surface area contributed by atoms with Crippen LogP contribution in [0.25, 0.3) is 11.3 Å². The van der Waals surface area contributed by atoms with E-state index < -0.39 is 0 Å². The second-order valence-electron chi connectivity index (χ2n) is 4.58. The molecule has 0 fully saturated rings. The van der Waals surface area contributed by atoms with Gasteiger partial charge >= 0.3 is 0 Å². The lowest BCUT2D eigenvalue weighted by atomic mass is 10.1. The molecule has 0 atom stereocenters. The molecule has 1 N–H and O–H groups in total. The van der Waals surface area contributed by atoms with Crippen LogP contribution in [0.1, 0.15) is 24.7 Å². The molecule has 1 heterocycles. The van der Waals surface area contributed by atoms with E-state index in [4.69, 9.17) is 17.0 Å². The van der Waals surface area contributed by atoms with Crippen molar-refractivity contribution in [2.24, 2.45) is 0 Å². The highest BCUT2D eigenvalue weighted by Gasteiger charge is 2.13. The van der Waals surface area contributed by atoms with Gasteiger partial charge in [0.15, 0.2) is 0 Å². The maximum absolute atomic E-state index is 13.5. The molecule has 2 aromatic rings. The Morgan fingerprint density at radius 2 is 2.15 bits per heavy atom. The van der Waals surface area contributed by atoms with Crippen LogP contribution in [-0.4, -0.2) is 17.1 Å². The molecule has 1 aromatic heterocycles. The molecule has 20 heavy (non-hydrogen) atoms. The standard InChI is InChI=1S/C15H17FN2OS/c1-4-5-13-17-14(9(2)15(20)18-13)11-8-10(16)6-7-12(11)19-3/h6-8H,4-5H2,1-3H3,(H,17,18,20). The minimum absolute atomic E-state index is 0.312. The predicted molar refractivity (Wildman–Crippen MR) is 80.1 cm³/mol. The van der Waals surface area contributed by atoms with Gasteiger partial charge < -0.3 is 9.72 Å². The summed E-state index contributed by atoms with van der Waals surface area (Å²) in [6.07, 6.45) is 1.76. The van der Waals surface area contributed by atoms with E-state index >= 15 is 0 Å². The van der Waals surface area contributed by atoms with Crippen LogP contribution in [0.3, 0.4) is 0 Å². The first-order valence-corrected chi connectivity index (χ1v) is 6.91. The fourth-order valence-corrected chi connectivity index (χ4v) is 2.29. The molecular weight excluding hydrogens is 275 g/mol. The number of H-pyrrole nitrogens is 1. The average Bonchev–Trinajstić information content (AvgIpc) is 2.43. The lowest BCUT2D eigenvalue weighted by Crippen LogP contribution is -2.01. The average molecular weight is 292 g/mol. The number of halogens is 1. The van der Waals surface area contributed by atoms with Gasteiger partial charge in [0.05, 0.1) is 12.8 Å². The lowest BCUT2D eigenvalue weighted by Gasteiger charge is -2.13. The molecular formula is C15H17FN2OS. The zero-order chi connectivity index (χ0) is 14.7. The minimum atomic E-state index is -0.312. The lowest BCUT2D eigenvalue weighted by molar-refractivity contribution is 0.415. The Bertz CT molecular complexity index is 682. The highest BCUT2D eigenvalue weighted by atomic mass is 32.1. The molecule has 0 bridgehead atoms. The van der Waals surface area contributed by atoms with Gasteiger partial charge in [-0.25, -0.2) is 9.37 Å². The van der Waals surface area contributed by atoms with E-state index in [-0.39, 0.29) is 5.82 Å². The number of benzene rings is 1. The van der Waals surface area contributed by atoms with Crippen LogP contribution in [0.2, 0.25) is 0 Å². The molecule has 0 amide bonds. The SMILES string of the molecule is CCCc1nc(=S)c(C)c(-c2cc(F)ccc2OC)[nH]1. The van der Waals surface area contributed by atoms with Crippen LogP contribution in [-0.2, 0) is 6.42 Å². The Hall–Kier alpha value is -1.75. The van der Waals surface area contributed by atoms with E-state index in [0.29, 0.717) is 16.0 Å². The highest BCUT2D eigenvalue weighted by Crippen LogP contribution is 2.31. The zero-order valence-corrected chi connectivity index (χ0v) is 12.6. The maximum atomic E-state index is 13.5. The Labute approximate surface area is 122 Å². The van der Waals surface area contributed by atoms with E-state index in [1.54, 1.807) is 13.2 Å². The largest absolute Gasteiger partial charge is 0.496 e. The van der Waals surface area contributed by atoms with Gasteiger partial charge in [0.2, 0.25) is 0 Å².